The number of allylic oxidation sites excluding steroid dienone is 1. The van der Waals surface area contributed by atoms with E-state index < -0.39 is 0 Å². The Balaban J connectivity index is 0.000000205. The van der Waals surface area contributed by atoms with Crippen LogP contribution in [0.2, 0.25) is 0 Å². The molecule has 3 aromatic rings. The maximum Gasteiger partial charge on any atom is -0.00882 e. The molecule has 0 N–H and O–H groups in total. The van der Waals surface area contributed by atoms with Crippen LogP contribution in [0.25, 0.3) is 16.8 Å². The molecule has 0 heteroatoms. The Morgan fingerprint density at radius 3 is 1.24 bits per heavy atom. The molecule has 3 aromatic carbocycles. The molecule has 0 bridgehead atoms. The van der Waals surface area contributed by atoms with E-state index >= 15 is 0 Å². The standard InChI is InChI=1S/C10H8.C9H8.2C5H12/c1-2-6-10-8-4-3-7-9(10)5-1;1-2-5-9-7-3-6-8(9)4-1;2*1-5(2,3)4/h1-8H;1-6H,7H2;2*1-4H3. The van der Waals surface area contributed by atoms with Crippen LogP contribution in [0.4, 0.5) is 0 Å². The molecule has 1 aliphatic rings. The van der Waals surface area contributed by atoms with Crippen LogP contribution in [0, 0.1) is 10.8 Å². The lowest BCUT2D eigenvalue weighted by atomic mass is 10.0. The average molecular weight is 389 g/mol. The van der Waals surface area contributed by atoms with Crippen molar-refractivity contribution in [1.82, 2.24) is 0 Å². The van der Waals surface area contributed by atoms with Gasteiger partial charge in [0.25, 0.3) is 0 Å². The molecule has 0 amide bonds. The minimum Gasteiger partial charge on any atom is -0.0795 e. The lowest BCUT2D eigenvalue weighted by molar-refractivity contribution is 0.469. The maximum absolute atomic E-state index is 2.20. The van der Waals surface area contributed by atoms with Crippen LogP contribution < -0.4 is 0 Å². The van der Waals surface area contributed by atoms with E-state index in [4.69, 9.17) is 0 Å². The predicted octanol–water partition coefficient (Wildman–Crippen LogP) is 9.20. The Morgan fingerprint density at radius 1 is 0.517 bits per heavy atom. The molecular formula is C29H40. The van der Waals surface area contributed by atoms with Crippen LogP contribution in [0.3, 0.4) is 0 Å². The molecule has 0 spiro atoms. The first-order chi connectivity index (χ1) is 13.4. The summed E-state index contributed by atoms with van der Waals surface area (Å²) >= 11 is 0. The molecule has 0 radical (unpaired) electrons. The number of fused-ring (bicyclic) bond motifs is 2. The average Bonchev–Trinajstić information content (AvgIpc) is 3.08. The predicted molar refractivity (Wildman–Crippen MR) is 133 cm³/mol. The van der Waals surface area contributed by atoms with Gasteiger partial charge in [-0.05, 0) is 39.2 Å². The van der Waals surface area contributed by atoms with Gasteiger partial charge in [-0.15, -0.1) is 0 Å². The lowest BCUT2D eigenvalue weighted by Gasteiger charge is -2.05. The first kappa shape index (κ1) is 24.7. The summed E-state index contributed by atoms with van der Waals surface area (Å²) in [6.45, 7) is 17.5. The molecule has 156 valence electrons. The molecule has 0 unspecified atom stereocenters. The lowest BCUT2D eigenvalue weighted by Crippen LogP contribution is -1.93. The molecule has 0 heterocycles. The van der Waals surface area contributed by atoms with Crippen LogP contribution in [0.5, 0.6) is 0 Å². The largest absolute Gasteiger partial charge is 0.0795 e. The zero-order valence-corrected chi connectivity index (χ0v) is 19.8. The molecule has 0 aromatic heterocycles. The van der Waals surface area contributed by atoms with E-state index in [9.17, 15) is 0 Å². The topological polar surface area (TPSA) is 0 Å². The van der Waals surface area contributed by atoms with Crippen molar-refractivity contribution in [1.29, 1.82) is 0 Å². The molecule has 0 fully saturated rings. The van der Waals surface area contributed by atoms with Gasteiger partial charge in [0.15, 0.2) is 0 Å². The van der Waals surface area contributed by atoms with Gasteiger partial charge in [-0.3, -0.25) is 0 Å². The van der Waals surface area contributed by atoms with E-state index in [-0.39, 0.29) is 0 Å². The number of rotatable bonds is 0. The van der Waals surface area contributed by atoms with Crippen LogP contribution in [-0.2, 0) is 6.42 Å². The normalized spacial score (nSPS) is 11.9. The first-order valence-electron chi connectivity index (χ1n) is 10.6. The Morgan fingerprint density at radius 2 is 0.862 bits per heavy atom. The highest BCUT2D eigenvalue weighted by Crippen LogP contribution is 2.17. The van der Waals surface area contributed by atoms with Crippen molar-refractivity contribution in [3.05, 3.63) is 90.0 Å². The fraction of sp³-hybridized carbons (Fsp3) is 0.379. The zero-order valence-electron chi connectivity index (χ0n) is 19.8. The van der Waals surface area contributed by atoms with Gasteiger partial charge in [0.05, 0.1) is 0 Å². The summed E-state index contributed by atoms with van der Waals surface area (Å²) in [6, 6.07) is 25.2. The summed E-state index contributed by atoms with van der Waals surface area (Å²) in [7, 11) is 0. The van der Waals surface area contributed by atoms with Crippen molar-refractivity contribution in [2.75, 3.05) is 0 Å². The molecule has 0 atom stereocenters. The summed E-state index contributed by atoms with van der Waals surface area (Å²) in [5.41, 5.74) is 3.84. The van der Waals surface area contributed by atoms with Gasteiger partial charge in [0.1, 0.15) is 0 Å². The number of benzene rings is 3. The minimum absolute atomic E-state index is 0.500. The molecule has 29 heavy (non-hydrogen) atoms. The fourth-order valence-corrected chi connectivity index (χ4v) is 2.33. The van der Waals surface area contributed by atoms with Gasteiger partial charge >= 0.3 is 0 Å². The summed E-state index contributed by atoms with van der Waals surface area (Å²) in [5, 5.41) is 2.62. The molecule has 1 aliphatic carbocycles. The molecule has 0 aliphatic heterocycles. The third kappa shape index (κ3) is 13.5. The monoisotopic (exact) mass is 388 g/mol. The Kier molecular flexibility index (Phi) is 9.89. The summed E-state index contributed by atoms with van der Waals surface area (Å²) in [5.74, 6) is 0. The molecule has 0 saturated carbocycles. The Bertz CT molecular complexity index is 781. The van der Waals surface area contributed by atoms with Crippen molar-refractivity contribution in [3.8, 4) is 0 Å². The molecule has 0 saturated heterocycles. The summed E-state index contributed by atoms with van der Waals surface area (Å²) in [6.07, 6.45) is 5.50. The second-order valence-corrected chi connectivity index (χ2v) is 10.7. The smallest absolute Gasteiger partial charge is 0.00882 e. The van der Waals surface area contributed by atoms with E-state index in [2.05, 4.69) is 140 Å². The van der Waals surface area contributed by atoms with Crippen LogP contribution in [0.15, 0.2) is 78.9 Å². The van der Waals surface area contributed by atoms with Crippen LogP contribution in [-0.4, -0.2) is 0 Å². The van der Waals surface area contributed by atoms with E-state index in [1.807, 2.05) is 0 Å². The van der Waals surface area contributed by atoms with Crippen molar-refractivity contribution in [2.45, 2.75) is 61.8 Å². The minimum atomic E-state index is 0.500. The van der Waals surface area contributed by atoms with Crippen LogP contribution in [0.1, 0.15) is 66.5 Å². The second-order valence-electron chi connectivity index (χ2n) is 10.7. The SMILES string of the molecule is C1=Cc2ccccc2C1.CC(C)(C)C.CC(C)(C)C.c1ccc2ccccc2c1. The molecule has 0 nitrogen and oxygen atoms in total. The highest BCUT2D eigenvalue weighted by Gasteiger charge is 2.00. The molecule has 4 rings (SSSR count). The first-order valence-corrected chi connectivity index (χ1v) is 10.6. The Labute approximate surface area is 179 Å². The van der Waals surface area contributed by atoms with E-state index in [0.717, 1.165) is 6.42 Å². The van der Waals surface area contributed by atoms with Gasteiger partial charge in [-0.2, -0.15) is 0 Å². The number of hydrogen-bond donors (Lipinski definition) is 0. The third-order valence-corrected chi connectivity index (χ3v) is 3.35. The fourth-order valence-electron chi connectivity index (χ4n) is 2.33. The number of hydrogen-bond acceptors (Lipinski definition) is 0. The van der Waals surface area contributed by atoms with E-state index in [1.165, 1.54) is 21.9 Å². The Hall–Kier alpha value is -2.34. The van der Waals surface area contributed by atoms with Crippen molar-refractivity contribution >= 4 is 16.8 Å². The zero-order chi connectivity index (χ0) is 21.9. The van der Waals surface area contributed by atoms with E-state index in [0.29, 0.717) is 10.8 Å². The molecular weight excluding hydrogens is 348 g/mol. The highest BCUT2D eigenvalue weighted by molar-refractivity contribution is 5.82. The van der Waals surface area contributed by atoms with Gasteiger partial charge in [0.2, 0.25) is 0 Å². The van der Waals surface area contributed by atoms with Crippen molar-refractivity contribution < 1.29 is 0 Å². The quantitative estimate of drug-likeness (QED) is 0.360. The van der Waals surface area contributed by atoms with Gasteiger partial charge < -0.3 is 0 Å². The van der Waals surface area contributed by atoms with E-state index in [1.54, 1.807) is 0 Å². The summed E-state index contributed by atoms with van der Waals surface area (Å²) in [4.78, 5) is 0. The maximum atomic E-state index is 2.20. The second kappa shape index (κ2) is 11.6. The van der Waals surface area contributed by atoms with Gasteiger partial charge in [-0.1, -0.05) is 140 Å². The van der Waals surface area contributed by atoms with Gasteiger partial charge in [0, 0.05) is 0 Å². The van der Waals surface area contributed by atoms with Crippen LogP contribution >= 0.6 is 0 Å². The summed E-state index contributed by atoms with van der Waals surface area (Å²) < 4.78 is 0. The van der Waals surface area contributed by atoms with Gasteiger partial charge in [-0.25, -0.2) is 0 Å². The highest BCUT2D eigenvalue weighted by atomic mass is 14.1. The third-order valence-electron chi connectivity index (χ3n) is 3.35. The van der Waals surface area contributed by atoms with Crippen molar-refractivity contribution in [3.63, 3.8) is 0 Å². The van der Waals surface area contributed by atoms with Crippen molar-refractivity contribution in [2.24, 2.45) is 10.8 Å².